The van der Waals surface area contributed by atoms with Crippen LogP contribution in [0.1, 0.15) is 31.4 Å². The number of halogens is 3. The number of ether oxygens (including phenoxy) is 2. The molecule has 0 aromatic heterocycles. The number of amides is 4. The summed E-state index contributed by atoms with van der Waals surface area (Å²) in [6, 6.07) is 6.71. The Balaban J connectivity index is 1.99. The van der Waals surface area contributed by atoms with Crippen LogP contribution in [0, 0.1) is 0 Å². The molecule has 34 heavy (non-hydrogen) atoms. The van der Waals surface area contributed by atoms with E-state index in [9.17, 15) is 32.3 Å². The molecule has 0 radical (unpaired) electrons. The molecule has 1 N–H and O–H groups in total. The van der Waals surface area contributed by atoms with Crippen molar-refractivity contribution in [3.05, 3.63) is 59.2 Å². The number of urea groups is 1. The van der Waals surface area contributed by atoms with Crippen LogP contribution in [0.5, 0.6) is 11.5 Å². The first-order chi connectivity index (χ1) is 16.0. The van der Waals surface area contributed by atoms with Crippen LogP contribution in [0.4, 0.5) is 23.7 Å². The lowest BCUT2D eigenvalue weighted by Crippen LogP contribution is -2.54. The smallest absolute Gasteiger partial charge is 0.416 e. The van der Waals surface area contributed by atoms with Crippen molar-refractivity contribution >= 4 is 35.6 Å². The van der Waals surface area contributed by atoms with Crippen molar-refractivity contribution in [1.29, 1.82) is 0 Å². The number of barbiturate groups is 1. The van der Waals surface area contributed by atoms with Crippen LogP contribution in [0.2, 0.25) is 0 Å². The summed E-state index contributed by atoms with van der Waals surface area (Å²) in [6.07, 6.45) is -3.41. The summed E-state index contributed by atoms with van der Waals surface area (Å²) < 4.78 is 49.9. The first kappa shape index (κ1) is 24.5. The van der Waals surface area contributed by atoms with Gasteiger partial charge < -0.3 is 9.47 Å². The molecule has 1 heterocycles. The van der Waals surface area contributed by atoms with Gasteiger partial charge in [0.25, 0.3) is 11.8 Å². The van der Waals surface area contributed by atoms with Crippen molar-refractivity contribution in [3.63, 3.8) is 0 Å². The molecule has 2 aromatic rings. The summed E-state index contributed by atoms with van der Waals surface area (Å²) in [5.41, 5.74) is -1.62. The van der Waals surface area contributed by atoms with Crippen molar-refractivity contribution < 1.29 is 41.8 Å². The fourth-order valence-electron chi connectivity index (χ4n) is 3.04. The Morgan fingerprint density at radius 3 is 2.44 bits per heavy atom. The molecule has 1 saturated heterocycles. The van der Waals surface area contributed by atoms with Gasteiger partial charge in [-0.1, -0.05) is 19.1 Å². The van der Waals surface area contributed by atoms with E-state index in [1.807, 2.05) is 5.32 Å². The van der Waals surface area contributed by atoms with E-state index in [-0.39, 0.29) is 35.8 Å². The standard InChI is InChI=1S/C23H19F3N2O6/c1-3-19(29)34-17-9-8-13(11-18(17)33-4-2)10-16-20(30)27-22(32)28(21(16)31)15-7-5-6-14(12-15)23(24,25)26/h5-12H,3-4H2,1-2H3,(H,27,30,32)/b16-10-. The van der Waals surface area contributed by atoms with E-state index in [1.54, 1.807) is 13.8 Å². The molecule has 0 aliphatic carbocycles. The Bertz CT molecular complexity index is 1190. The van der Waals surface area contributed by atoms with Gasteiger partial charge in [-0.05, 0) is 48.9 Å². The predicted molar refractivity (Wildman–Crippen MR) is 114 cm³/mol. The monoisotopic (exact) mass is 476 g/mol. The second-order valence-electron chi connectivity index (χ2n) is 6.97. The van der Waals surface area contributed by atoms with E-state index in [0.717, 1.165) is 24.3 Å². The van der Waals surface area contributed by atoms with Gasteiger partial charge in [0.2, 0.25) is 0 Å². The third-order valence-electron chi connectivity index (χ3n) is 4.62. The zero-order valence-corrected chi connectivity index (χ0v) is 18.1. The minimum absolute atomic E-state index is 0.130. The molecule has 3 rings (SSSR count). The molecule has 0 saturated carbocycles. The SMILES string of the molecule is CCOc1cc(/C=C2/C(=O)NC(=O)N(c3cccc(C(F)(F)F)c3)C2=O)ccc1OC(=O)CC. The van der Waals surface area contributed by atoms with Gasteiger partial charge in [0, 0.05) is 6.42 Å². The lowest BCUT2D eigenvalue weighted by molar-refractivity contribution is -0.137. The number of benzene rings is 2. The van der Waals surface area contributed by atoms with E-state index in [0.29, 0.717) is 11.0 Å². The van der Waals surface area contributed by atoms with Crippen LogP contribution in [0.15, 0.2) is 48.0 Å². The number of nitrogens with zero attached hydrogens (tertiary/aromatic N) is 1. The Hall–Kier alpha value is -4.15. The maximum absolute atomic E-state index is 13.1. The Morgan fingerprint density at radius 2 is 1.79 bits per heavy atom. The first-order valence-corrected chi connectivity index (χ1v) is 10.1. The van der Waals surface area contributed by atoms with E-state index < -0.39 is 41.1 Å². The summed E-state index contributed by atoms with van der Waals surface area (Å²) in [5.74, 6) is -2.31. The second kappa shape index (κ2) is 9.77. The normalized spacial score (nSPS) is 15.4. The molecule has 1 aliphatic rings. The number of rotatable bonds is 6. The highest BCUT2D eigenvalue weighted by molar-refractivity contribution is 6.39. The van der Waals surface area contributed by atoms with Gasteiger partial charge in [-0.3, -0.25) is 19.7 Å². The number of esters is 1. The van der Waals surface area contributed by atoms with Gasteiger partial charge in [0.1, 0.15) is 5.57 Å². The van der Waals surface area contributed by atoms with Crippen LogP contribution in [-0.2, 0) is 20.6 Å². The molecule has 4 amide bonds. The fourth-order valence-corrected chi connectivity index (χ4v) is 3.04. The van der Waals surface area contributed by atoms with Crippen molar-refractivity contribution in [2.45, 2.75) is 26.4 Å². The molecular formula is C23H19F3N2O6. The number of nitrogens with one attached hydrogen (secondary N) is 1. The molecule has 178 valence electrons. The van der Waals surface area contributed by atoms with Crippen molar-refractivity contribution in [2.75, 3.05) is 11.5 Å². The largest absolute Gasteiger partial charge is 0.490 e. The lowest BCUT2D eigenvalue weighted by Gasteiger charge is -2.27. The average molecular weight is 476 g/mol. The third-order valence-corrected chi connectivity index (χ3v) is 4.62. The number of imide groups is 2. The first-order valence-electron chi connectivity index (χ1n) is 10.1. The maximum Gasteiger partial charge on any atom is 0.416 e. The minimum atomic E-state index is -4.70. The van der Waals surface area contributed by atoms with Crippen LogP contribution < -0.4 is 19.7 Å². The van der Waals surface area contributed by atoms with Gasteiger partial charge in [-0.2, -0.15) is 13.2 Å². The van der Waals surface area contributed by atoms with E-state index in [4.69, 9.17) is 9.47 Å². The molecular weight excluding hydrogens is 457 g/mol. The Kier molecular flexibility index (Phi) is 7.04. The topological polar surface area (TPSA) is 102 Å². The molecule has 8 nitrogen and oxygen atoms in total. The van der Waals surface area contributed by atoms with Crippen LogP contribution in [0.3, 0.4) is 0 Å². The number of hydrogen-bond donors (Lipinski definition) is 1. The van der Waals surface area contributed by atoms with Crippen LogP contribution >= 0.6 is 0 Å². The van der Waals surface area contributed by atoms with Crippen LogP contribution in [-0.4, -0.2) is 30.4 Å². The average Bonchev–Trinajstić information content (AvgIpc) is 2.78. The quantitative estimate of drug-likeness (QED) is 0.292. The molecule has 1 fully saturated rings. The molecule has 0 unspecified atom stereocenters. The zero-order valence-electron chi connectivity index (χ0n) is 18.1. The van der Waals surface area contributed by atoms with Gasteiger partial charge >= 0.3 is 18.2 Å². The van der Waals surface area contributed by atoms with Gasteiger partial charge in [-0.25, -0.2) is 9.69 Å². The summed E-state index contributed by atoms with van der Waals surface area (Å²) in [7, 11) is 0. The lowest BCUT2D eigenvalue weighted by atomic mass is 10.1. The highest BCUT2D eigenvalue weighted by atomic mass is 19.4. The van der Waals surface area contributed by atoms with Crippen molar-refractivity contribution in [1.82, 2.24) is 5.32 Å². The Labute approximate surface area is 191 Å². The molecule has 11 heteroatoms. The number of alkyl halides is 3. The van der Waals surface area contributed by atoms with Gasteiger partial charge in [-0.15, -0.1) is 0 Å². The number of carbonyl (C=O) groups is 4. The highest BCUT2D eigenvalue weighted by Crippen LogP contribution is 2.33. The molecule has 0 bridgehead atoms. The number of hydrogen-bond acceptors (Lipinski definition) is 6. The van der Waals surface area contributed by atoms with Crippen molar-refractivity contribution in [2.24, 2.45) is 0 Å². The highest BCUT2D eigenvalue weighted by Gasteiger charge is 2.38. The van der Waals surface area contributed by atoms with E-state index in [1.165, 1.54) is 18.2 Å². The van der Waals surface area contributed by atoms with Crippen molar-refractivity contribution in [3.8, 4) is 11.5 Å². The molecule has 0 spiro atoms. The van der Waals surface area contributed by atoms with E-state index >= 15 is 0 Å². The summed E-state index contributed by atoms with van der Waals surface area (Å²) >= 11 is 0. The summed E-state index contributed by atoms with van der Waals surface area (Å²) in [5, 5.41) is 1.95. The second-order valence-corrected chi connectivity index (χ2v) is 6.97. The predicted octanol–water partition coefficient (Wildman–Crippen LogP) is 4.09. The number of anilines is 1. The number of carbonyl (C=O) groups excluding carboxylic acids is 4. The summed E-state index contributed by atoms with van der Waals surface area (Å²) in [4.78, 5) is 49.7. The summed E-state index contributed by atoms with van der Waals surface area (Å²) in [6.45, 7) is 3.55. The third kappa shape index (κ3) is 5.25. The molecule has 1 aliphatic heterocycles. The van der Waals surface area contributed by atoms with E-state index in [2.05, 4.69) is 0 Å². The molecule has 2 aromatic carbocycles. The Morgan fingerprint density at radius 1 is 1.06 bits per heavy atom. The minimum Gasteiger partial charge on any atom is -0.490 e. The van der Waals surface area contributed by atoms with Gasteiger partial charge in [0.05, 0.1) is 17.9 Å². The fraction of sp³-hybridized carbons (Fsp3) is 0.217. The zero-order chi connectivity index (χ0) is 25.0. The molecule has 0 atom stereocenters. The van der Waals surface area contributed by atoms with Gasteiger partial charge in [0.15, 0.2) is 11.5 Å². The van der Waals surface area contributed by atoms with Crippen LogP contribution in [0.25, 0.3) is 6.08 Å². The maximum atomic E-state index is 13.1.